The zero-order valence-electron chi connectivity index (χ0n) is 17.6. The third-order valence-corrected chi connectivity index (χ3v) is 7.04. The first kappa shape index (κ1) is 21.1. The van der Waals surface area contributed by atoms with Gasteiger partial charge in [0.25, 0.3) is 11.8 Å². The highest BCUT2D eigenvalue weighted by molar-refractivity contribution is 9.10. The lowest BCUT2D eigenvalue weighted by atomic mass is 9.76. The molecule has 2 amide bonds. The molecule has 0 bridgehead atoms. The Balaban J connectivity index is 1.38. The number of hydrogen-bond acceptors (Lipinski definition) is 5. The number of rotatable bonds is 2. The highest BCUT2D eigenvalue weighted by Gasteiger charge is 2.45. The van der Waals surface area contributed by atoms with Crippen LogP contribution in [0.3, 0.4) is 0 Å². The van der Waals surface area contributed by atoms with Crippen LogP contribution in [0, 0.1) is 0 Å². The van der Waals surface area contributed by atoms with Crippen LogP contribution in [0.1, 0.15) is 38.4 Å². The minimum Gasteiger partial charge on any atom is -0.389 e. The Morgan fingerprint density at radius 2 is 2.06 bits per heavy atom. The van der Waals surface area contributed by atoms with Gasteiger partial charge in [0.05, 0.1) is 17.2 Å². The third-order valence-electron chi connectivity index (χ3n) is 6.61. The van der Waals surface area contributed by atoms with Crippen molar-refractivity contribution < 1.29 is 14.7 Å². The summed E-state index contributed by atoms with van der Waals surface area (Å²) >= 11 is 3.40. The number of carbonyl (C=O) groups is 2. The number of β-amino-alcohol motifs (C(OH)–C–C–N with tert-alkyl or cyclic N) is 1. The molecule has 0 radical (unpaired) electrons. The molecular weight excluding hydrogens is 474 g/mol. The minimum atomic E-state index is -0.693. The summed E-state index contributed by atoms with van der Waals surface area (Å²) in [5, 5.41) is 17.2. The van der Waals surface area contributed by atoms with Crippen molar-refractivity contribution in [2.24, 2.45) is 0 Å². The number of nitrogens with zero attached hydrogens (tertiary/aromatic N) is 3. The van der Waals surface area contributed by atoms with Crippen molar-refractivity contribution >= 4 is 33.4 Å². The van der Waals surface area contributed by atoms with Crippen LogP contribution in [0.5, 0.6) is 0 Å². The fourth-order valence-electron chi connectivity index (χ4n) is 4.78. The van der Waals surface area contributed by atoms with Crippen LogP contribution in [0.15, 0.2) is 47.2 Å². The number of nitrogens with one attached hydrogen (secondary N) is 2. The van der Waals surface area contributed by atoms with Crippen molar-refractivity contribution in [3.05, 3.63) is 69.6 Å². The van der Waals surface area contributed by atoms with Gasteiger partial charge in [-0.05, 0) is 46.0 Å². The molecule has 1 spiro atoms. The van der Waals surface area contributed by atoms with Crippen LogP contribution in [-0.4, -0.2) is 63.0 Å². The van der Waals surface area contributed by atoms with Crippen molar-refractivity contribution in [1.29, 1.82) is 0 Å². The Bertz CT molecular complexity index is 1230. The van der Waals surface area contributed by atoms with E-state index in [4.69, 9.17) is 0 Å². The number of aromatic nitrogens is 2. The topological polar surface area (TPSA) is 99.0 Å². The van der Waals surface area contributed by atoms with Crippen molar-refractivity contribution in [1.82, 2.24) is 24.9 Å². The Morgan fingerprint density at radius 3 is 2.81 bits per heavy atom. The van der Waals surface area contributed by atoms with E-state index in [1.54, 1.807) is 34.8 Å². The number of aliphatic hydroxyl groups is 1. The lowest BCUT2D eigenvalue weighted by molar-refractivity contribution is -0.0140. The number of benzene rings is 1. The number of amides is 2. The summed E-state index contributed by atoms with van der Waals surface area (Å²) in [5.74, 6) is -0.530. The summed E-state index contributed by atoms with van der Waals surface area (Å²) in [5.41, 5.74) is 3.11. The molecule has 1 saturated heterocycles. The molecule has 1 fully saturated rings. The SMILES string of the molecule is CNC(=O)c1cc(Br)cn2cc(C(=O)N3CC[C@]4(Cc5ccccc5CN4)[C@H](O)C3)nc12. The second-order valence-electron chi connectivity index (χ2n) is 8.48. The van der Waals surface area contributed by atoms with Crippen molar-refractivity contribution in [3.63, 3.8) is 0 Å². The fraction of sp³-hybridized carbons (Fsp3) is 0.348. The average molecular weight is 498 g/mol. The van der Waals surface area contributed by atoms with E-state index >= 15 is 0 Å². The van der Waals surface area contributed by atoms with Gasteiger partial charge in [-0.1, -0.05) is 24.3 Å². The molecule has 0 saturated carbocycles. The van der Waals surface area contributed by atoms with Gasteiger partial charge in [-0.2, -0.15) is 0 Å². The average Bonchev–Trinajstić information content (AvgIpc) is 3.23. The maximum absolute atomic E-state index is 13.2. The molecule has 8 nitrogen and oxygen atoms in total. The van der Waals surface area contributed by atoms with Crippen molar-refractivity contribution in [2.75, 3.05) is 20.1 Å². The lowest BCUT2D eigenvalue weighted by Crippen LogP contribution is -2.65. The van der Waals surface area contributed by atoms with Crippen LogP contribution in [0.4, 0.5) is 0 Å². The first-order chi connectivity index (χ1) is 15.4. The largest absolute Gasteiger partial charge is 0.389 e. The first-order valence-corrected chi connectivity index (χ1v) is 11.4. The summed E-state index contributed by atoms with van der Waals surface area (Å²) in [6.07, 6.45) is 4.08. The summed E-state index contributed by atoms with van der Waals surface area (Å²) in [4.78, 5) is 31.6. The standard InChI is InChI=1S/C23H24BrN5O3/c1-25-21(31)17-8-16(24)11-29-12-18(27-20(17)29)22(32)28-7-6-23(19(30)13-28)9-14-4-2-3-5-15(14)10-26-23/h2-5,8,11-12,19,26,30H,6-7,9-10,13H2,1H3,(H,25,31)/t19-,23+/m1/s1. The molecule has 2 atom stereocenters. The molecule has 3 aromatic rings. The number of carbonyl (C=O) groups excluding carboxylic acids is 2. The maximum atomic E-state index is 13.2. The van der Waals surface area contributed by atoms with Gasteiger partial charge in [0.1, 0.15) is 5.69 Å². The van der Waals surface area contributed by atoms with Gasteiger partial charge >= 0.3 is 0 Å². The van der Waals surface area contributed by atoms with E-state index in [2.05, 4.69) is 43.7 Å². The highest BCUT2D eigenvalue weighted by Crippen LogP contribution is 2.32. The molecule has 2 aromatic heterocycles. The van der Waals surface area contributed by atoms with E-state index in [0.29, 0.717) is 35.2 Å². The Labute approximate surface area is 193 Å². The Hall–Kier alpha value is -2.75. The van der Waals surface area contributed by atoms with Crippen molar-refractivity contribution in [2.45, 2.75) is 31.0 Å². The zero-order chi connectivity index (χ0) is 22.5. The number of imidazole rings is 1. The van der Waals surface area contributed by atoms with Crippen LogP contribution in [0.2, 0.25) is 0 Å². The van der Waals surface area contributed by atoms with Gasteiger partial charge in [0, 0.05) is 43.5 Å². The highest BCUT2D eigenvalue weighted by atomic mass is 79.9. The van der Waals surface area contributed by atoms with E-state index in [9.17, 15) is 14.7 Å². The van der Waals surface area contributed by atoms with E-state index in [1.165, 1.54) is 11.1 Å². The molecule has 5 rings (SSSR count). The smallest absolute Gasteiger partial charge is 0.274 e. The molecule has 4 heterocycles. The molecule has 3 N–H and O–H groups in total. The monoisotopic (exact) mass is 497 g/mol. The second-order valence-corrected chi connectivity index (χ2v) is 9.40. The lowest BCUT2D eigenvalue weighted by Gasteiger charge is -2.48. The Morgan fingerprint density at radius 1 is 1.28 bits per heavy atom. The predicted molar refractivity (Wildman–Crippen MR) is 123 cm³/mol. The zero-order valence-corrected chi connectivity index (χ0v) is 19.2. The van der Waals surface area contributed by atoms with Crippen LogP contribution >= 0.6 is 15.9 Å². The number of halogens is 1. The number of likely N-dealkylation sites (tertiary alicyclic amines) is 1. The molecule has 2 aliphatic heterocycles. The van der Waals surface area contributed by atoms with Gasteiger partial charge in [-0.25, -0.2) is 4.98 Å². The molecule has 32 heavy (non-hydrogen) atoms. The number of pyridine rings is 1. The van der Waals surface area contributed by atoms with E-state index in [0.717, 1.165) is 6.42 Å². The van der Waals surface area contributed by atoms with E-state index in [-0.39, 0.29) is 24.1 Å². The summed E-state index contributed by atoms with van der Waals surface area (Å²) in [6, 6.07) is 9.95. The van der Waals surface area contributed by atoms with E-state index < -0.39 is 11.6 Å². The van der Waals surface area contributed by atoms with Gasteiger partial charge in [-0.15, -0.1) is 0 Å². The quantitative estimate of drug-likeness (QED) is 0.500. The molecule has 166 valence electrons. The molecule has 9 heteroatoms. The summed E-state index contributed by atoms with van der Waals surface area (Å²) in [6.45, 7) is 1.46. The van der Waals surface area contributed by atoms with Crippen LogP contribution in [-0.2, 0) is 13.0 Å². The van der Waals surface area contributed by atoms with E-state index in [1.807, 2.05) is 12.1 Å². The molecule has 0 unspecified atom stereocenters. The second kappa shape index (κ2) is 7.99. The summed E-state index contributed by atoms with van der Waals surface area (Å²) < 4.78 is 2.38. The van der Waals surface area contributed by atoms with Gasteiger partial charge < -0.3 is 25.0 Å². The molecular formula is C23H24BrN5O3. The van der Waals surface area contributed by atoms with Gasteiger partial charge in [-0.3, -0.25) is 9.59 Å². The van der Waals surface area contributed by atoms with Gasteiger partial charge in [0.15, 0.2) is 5.65 Å². The van der Waals surface area contributed by atoms with Crippen LogP contribution in [0.25, 0.3) is 5.65 Å². The molecule has 2 aliphatic rings. The molecule has 1 aromatic carbocycles. The maximum Gasteiger partial charge on any atom is 0.274 e. The predicted octanol–water partition coefficient (Wildman–Crippen LogP) is 1.75. The van der Waals surface area contributed by atoms with Gasteiger partial charge in [0.2, 0.25) is 0 Å². The minimum absolute atomic E-state index is 0.230. The van der Waals surface area contributed by atoms with Crippen molar-refractivity contribution in [3.8, 4) is 0 Å². The number of fused-ring (bicyclic) bond motifs is 2. The molecule has 0 aliphatic carbocycles. The fourth-order valence-corrected chi connectivity index (χ4v) is 5.23. The number of piperidine rings is 1. The number of hydrogen-bond donors (Lipinski definition) is 3. The Kier molecular flexibility index (Phi) is 5.27. The first-order valence-electron chi connectivity index (χ1n) is 10.6. The normalized spacial score (nSPS) is 22.7. The number of aliphatic hydroxyl groups excluding tert-OH is 1. The summed E-state index contributed by atoms with van der Waals surface area (Å²) in [7, 11) is 1.55. The van der Waals surface area contributed by atoms with Crippen LogP contribution < -0.4 is 10.6 Å². The third kappa shape index (κ3) is 3.50.